The summed E-state index contributed by atoms with van der Waals surface area (Å²) in [5, 5.41) is 13.9. The molecule has 2 aromatic rings. The van der Waals surface area contributed by atoms with Gasteiger partial charge in [-0.15, -0.1) is 0 Å². The molecule has 24 heavy (non-hydrogen) atoms. The van der Waals surface area contributed by atoms with E-state index in [1.165, 1.54) is 6.33 Å². The number of rotatable bonds is 3. The maximum absolute atomic E-state index is 13.9. The molecule has 1 aliphatic rings. The van der Waals surface area contributed by atoms with Crippen molar-refractivity contribution in [3.8, 4) is 0 Å². The zero-order chi connectivity index (χ0) is 17.9. The Labute approximate surface area is 138 Å². The van der Waals surface area contributed by atoms with Gasteiger partial charge in [0.1, 0.15) is 17.9 Å². The molecule has 2 aromatic heterocycles. The van der Waals surface area contributed by atoms with Gasteiger partial charge in [-0.3, -0.25) is 0 Å². The Morgan fingerprint density at radius 2 is 2.00 bits per heavy atom. The second-order valence-electron chi connectivity index (χ2n) is 7.39. The molecular weight excluding hydrogens is 318 g/mol. The molecule has 1 saturated heterocycles. The highest BCUT2D eigenvalue weighted by Crippen LogP contribution is 2.64. The van der Waals surface area contributed by atoms with Crippen molar-refractivity contribution in [3.05, 3.63) is 24.2 Å². The number of nitrogens with zero attached hydrogens (tertiary/aromatic N) is 3. The summed E-state index contributed by atoms with van der Waals surface area (Å²) in [5.74, 6) is 0.300. The van der Waals surface area contributed by atoms with Crippen LogP contribution in [-0.2, 0) is 4.74 Å². The van der Waals surface area contributed by atoms with Crippen molar-refractivity contribution in [1.82, 2.24) is 14.6 Å². The molecule has 6 nitrogen and oxygen atoms in total. The number of ether oxygens (including phenoxy) is 1. The van der Waals surface area contributed by atoms with E-state index in [4.69, 9.17) is 10.5 Å². The highest BCUT2D eigenvalue weighted by molar-refractivity contribution is 5.65. The number of hydrogen-bond acceptors (Lipinski definition) is 5. The van der Waals surface area contributed by atoms with Crippen LogP contribution in [0.5, 0.6) is 0 Å². The van der Waals surface area contributed by atoms with Crippen molar-refractivity contribution >= 4 is 11.3 Å². The SMILES string of the molecule is CC1(C)[C@H](c2ccc3c(N)ncnn23)O[C@@](CO)(C(F)F)C1(C)C. The van der Waals surface area contributed by atoms with Crippen LogP contribution in [0.1, 0.15) is 39.5 Å². The average Bonchev–Trinajstić information content (AvgIpc) is 2.98. The van der Waals surface area contributed by atoms with Crippen molar-refractivity contribution in [1.29, 1.82) is 0 Å². The number of fused-ring (bicyclic) bond motifs is 1. The summed E-state index contributed by atoms with van der Waals surface area (Å²) >= 11 is 0. The Kier molecular flexibility index (Phi) is 3.62. The molecule has 3 rings (SSSR count). The van der Waals surface area contributed by atoms with Crippen LogP contribution in [0, 0.1) is 10.8 Å². The van der Waals surface area contributed by atoms with Gasteiger partial charge in [-0.25, -0.2) is 18.3 Å². The van der Waals surface area contributed by atoms with Gasteiger partial charge in [0.2, 0.25) is 0 Å². The first-order valence-corrected chi connectivity index (χ1v) is 7.75. The first-order valence-electron chi connectivity index (χ1n) is 7.75. The molecule has 0 bridgehead atoms. The average molecular weight is 340 g/mol. The van der Waals surface area contributed by atoms with Crippen molar-refractivity contribution in [2.45, 2.75) is 45.8 Å². The lowest BCUT2D eigenvalue weighted by Gasteiger charge is -2.44. The van der Waals surface area contributed by atoms with Crippen LogP contribution in [0.25, 0.3) is 5.52 Å². The van der Waals surface area contributed by atoms with Crippen molar-refractivity contribution in [3.63, 3.8) is 0 Å². The number of nitrogen functional groups attached to an aromatic ring is 1. The van der Waals surface area contributed by atoms with E-state index >= 15 is 0 Å². The van der Waals surface area contributed by atoms with Gasteiger partial charge in [-0.2, -0.15) is 5.10 Å². The van der Waals surface area contributed by atoms with Gasteiger partial charge >= 0.3 is 0 Å². The third-order valence-corrected chi connectivity index (χ3v) is 6.02. The quantitative estimate of drug-likeness (QED) is 0.896. The third kappa shape index (κ3) is 1.86. The zero-order valence-electron chi connectivity index (χ0n) is 14.1. The number of aliphatic hydroxyl groups is 1. The van der Waals surface area contributed by atoms with Gasteiger partial charge in [0.05, 0.1) is 12.3 Å². The molecule has 1 fully saturated rings. The van der Waals surface area contributed by atoms with Crippen molar-refractivity contribution in [2.24, 2.45) is 10.8 Å². The number of halogens is 2. The van der Waals surface area contributed by atoms with Crippen molar-refractivity contribution in [2.75, 3.05) is 12.3 Å². The first-order chi connectivity index (χ1) is 11.1. The fraction of sp³-hybridized carbons (Fsp3) is 0.625. The van der Waals surface area contributed by atoms with Crippen LogP contribution < -0.4 is 5.73 Å². The van der Waals surface area contributed by atoms with E-state index in [0.29, 0.717) is 17.0 Å². The summed E-state index contributed by atoms with van der Waals surface area (Å²) in [4.78, 5) is 3.93. The highest BCUT2D eigenvalue weighted by Gasteiger charge is 2.69. The largest absolute Gasteiger partial charge is 0.393 e. The molecular formula is C16H22F2N4O2. The summed E-state index contributed by atoms with van der Waals surface area (Å²) in [7, 11) is 0. The molecule has 0 radical (unpaired) electrons. The lowest BCUT2D eigenvalue weighted by Crippen LogP contribution is -2.54. The predicted octanol–water partition coefficient (Wildman–Crippen LogP) is 2.43. The van der Waals surface area contributed by atoms with E-state index in [1.807, 2.05) is 13.8 Å². The van der Waals surface area contributed by atoms with E-state index in [-0.39, 0.29) is 0 Å². The second-order valence-corrected chi connectivity index (χ2v) is 7.39. The van der Waals surface area contributed by atoms with Gasteiger partial charge in [0.15, 0.2) is 11.4 Å². The molecule has 3 heterocycles. The Morgan fingerprint density at radius 1 is 1.33 bits per heavy atom. The number of hydrogen-bond donors (Lipinski definition) is 2. The number of aromatic nitrogens is 3. The topological polar surface area (TPSA) is 85.7 Å². The highest BCUT2D eigenvalue weighted by atomic mass is 19.3. The van der Waals surface area contributed by atoms with E-state index in [0.717, 1.165) is 0 Å². The Morgan fingerprint density at radius 3 is 2.54 bits per heavy atom. The third-order valence-electron chi connectivity index (χ3n) is 6.02. The van der Waals surface area contributed by atoms with E-state index in [2.05, 4.69) is 10.1 Å². The molecule has 2 atom stereocenters. The summed E-state index contributed by atoms with van der Waals surface area (Å²) in [5.41, 5.74) is 3.40. The molecule has 0 unspecified atom stereocenters. The minimum atomic E-state index is -2.83. The molecule has 0 amide bonds. The van der Waals surface area contributed by atoms with E-state index < -0.39 is 35.6 Å². The second kappa shape index (κ2) is 5.10. The Bertz CT molecular complexity index is 775. The molecule has 3 N–H and O–H groups in total. The predicted molar refractivity (Wildman–Crippen MR) is 84.6 cm³/mol. The van der Waals surface area contributed by atoms with Crippen molar-refractivity contribution < 1.29 is 18.6 Å². The smallest absolute Gasteiger partial charge is 0.269 e. The number of alkyl halides is 2. The fourth-order valence-corrected chi connectivity index (χ4v) is 3.61. The minimum Gasteiger partial charge on any atom is -0.393 e. The fourth-order valence-electron chi connectivity index (χ4n) is 3.61. The molecule has 1 aliphatic heterocycles. The summed E-state index contributed by atoms with van der Waals surface area (Å²) < 4.78 is 35.2. The van der Waals surface area contributed by atoms with E-state index in [9.17, 15) is 13.9 Å². The van der Waals surface area contributed by atoms with Crippen LogP contribution in [0.4, 0.5) is 14.6 Å². The normalized spacial score (nSPS) is 28.8. The molecule has 0 spiro atoms. The van der Waals surface area contributed by atoms with Gasteiger partial charge in [0, 0.05) is 10.8 Å². The Balaban J connectivity index is 2.19. The molecule has 0 aliphatic carbocycles. The van der Waals surface area contributed by atoms with Crippen LogP contribution in [0.2, 0.25) is 0 Å². The van der Waals surface area contributed by atoms with Crippen LogP contribution in [0.15, 0.2) is 18.5 Å². The lowest BCUT2D eigenvalue weighted by molar-refractivity contribution is -0.190. The maximum atomic E-state index is 13.9. The molecule has 0 aromatic carbocycles. The van der Waals surface area contributed by atoms with E-state index in [1.54, 1.807) is 30.5 Å². The van der Waals surface area contributed by atoms with Gasteiger partial charge in [-0.1, -0.05) is 27.7 Å². The van der Waals surface area contributed by atoms with Gasteiger partial charge < -0.3 is 15.6 Å². The zero-order valence-corrected chi connectivity index (χ0v) is 14.1. The minimum absolute atomic E-state index is 0.300. The standard InChI is InChI=1S/C16H22F2N4O2/c1-14(2)11(24-16(7-23,13(17)18)15(14,3)4)9-5-6-10-12(19)20-8-21-22(9)10/h5-6,8,11,13,23H,7H2,1-4H3,(H2,19,20,21)/t11-,16-/m0/s1. The number of nitrogens with two attached hydrogens (primary N) is 1. The molecule has 132 valence electrons. The van der Waals surface area contributed by atoms with Crippen LogP contribution >= 0.6 is 0 Å². The molecule has 0 saturated carbocycles. The maximum Gasteiger partial charge on any atom is 0.269 e. The summed E-state index contributed by atoms with van der Waals surface area (Å²) in [6.45, 7) is 6.36. The first kappa shape index (κ1) is 17.0. The van der Waals surface area contributed by atoms with Gasteiger partial charge in [0.25, 0.3) is 6.43 Å². The monoisotopic (exact) mass is 340 g/mol. The van der Waals surface area contributed by atoms with Crippen LogP contribution in [-0.4, -0.2) is 38.3 Å². The van der Waals surface area contributed by atoms with Crippen LogP contribution in [0.3, 0.4) is 0 Å². The Hall–Kier alpha value is -1.80. The number of aliphatic hydroxyl groups excluding tert-OH is 1. The van der Waals surface area contributed by atoms with Gasteiger partial charge in [-0.05, 0) is 12.1 Å². The number of anilines is 1. The molecule has 8 heteroatoms. The summed E-state index contributed by atoms with van der Waals surface area (Å²) in [6, 6.07) is 3.49. The summed E-state index contributed by atoms with van der Waals surface area (Å²) in [6.07, 6.45) is -2.20. The lowest BCUT2D eigenvalue weighted by atomic mass is 9.59.